The summed E-state index contributed by atoms with van der Waals surface area (Å²) in [4.78, 5) is 11.8. The first kappa shape index (κ1) is 16.9. The van der Waals surface area contributed by atoms with Gasteiger partial charge in [0.2, 0.25) is 0 Å². The molecule has 0 saturated heterocycles. The molecule has 0 aliphatic heterocycles. The predicted octanol–water partition coefficient (Wildman–Crippen LogP) is 4.92. The van der Waals surface area contributed by atoms with Gasteiger partial charge in [-0.05, 0) is 44.9 Å². The predicted molar refractivity (Wildman–Crippen MR) is 91.8 cm³/mol. The molecular formula is C19H23NO3. The van der Waals surface area contributed by atoms with Gasteiger partial charge in [-0.15, -0.1) is 0 Å². The number of amides is 1. The van der Waals surface area contributed by atoms with Gasteiger partial charge in [0.1, 0.15) is 18.0 Å². The third-order valence-electron chi connectivity index (χ3n) is 3.07. The van der Waals surface area contributed by atoms with E-state index in [4.69, 9.17) is 9.47 Å². The Hall–Kier alpha value is -2.49. The molecule has 0 aliphatic carbocycles. The lowest BCUT2D eigenvalue weighted by molar-refractivity contribution is 0.0636. The number of aryl methyl sites for hydroxylation is 1. The van der Waals surface area contributed by atoms with E-state index in [0.29, 0.717) is 12.3 Å². The van der Waals surface area contributed by atoms with Crippen molar-refractivity contribution in [2.24, 2.45) is 0 Å². The molecular weight excluding hydrogens is 290 g/mol. The van der Waals surface area contributed by atoms with Crippen LogP contribution in [0.4, 0.5) is 10.5 Å². The van der Waals surface area contributed by atoms with Crippen molar-refractivity contribution >= 4 is 11.8 Å². The molecule has 0 aliphatic rings. The van der Waals surface area contributed by atoms with Crippen LogP contribution in [0.2, 0.25) is 0 Å². The summed E-state index contributed by atoms with van der Waals surface area (Å²) in [6, 6.07) is 15.5. The van der Waals surface area contributed by atoms with Crippen LogP contribution < -0.4 is 10.1 Å². The zero-order valence-corrected chi connectivity index (χ0v) is 14.1. The van der Waals surface area contributed by atoms with E-state index in [2.05, 4.69) is 5.32 Å². The standard InChI is InChI=1S/C19H23NO3/c1-14-10-11-16(20-18(21)23-19(2,3)4)12-17(14)22-13-15-8-6-5-7-9-15/h5-12H,13H2,1-4H3,(H,20,21). The molecule has 4 heteroatoms. The minimum Gasteiger partial charge on any atom is -0.489 e. The van der Waals surface area contributed by atoms with Crippen LogP contribution in [0.3, 0.4) is 0 Å². The normalized spacial score (nSPS) is 11.0. The molecule has 0 aromatic heterocycles. The van der Waals surface area contributed by atoms with E-state index in [1.165, 1.54) is 0 Å². The zero-order chi connectivity index (χ0) is 16.9. The molecule has 0 bridgehead atoms. The van der Waals surface area contributed by atoms with Crippen molar-refractivity contribution in [2.45, 2.75) is 39.9 Å². The summed E-state index contributed by atoms with van der Waals surface area (Å²) >= 11 is 0. The molecule has 0 spiro atoms. The minimum atomic E-state index is -0.526. The third-order valence-corrected chi connectivity index (χ3v) is 3.07. The maximum absolute atomic E-state index is 11.8. The Bertz CT molecular complexity index is 660. The number of nitrogens with one attached hydrogen (secondary N) is 1. The van der Waals surface area contributed by atoms with Crippen molar-refractivity contribution in [2.75, 3.05) is 5.32 Å². The third kappa shape index (κ3) is 5.66. The summed E-state index contributed by atoms with van der Waals surface area (Å²) in [5.74, 6) is 0.738. The van der Waals surface area contributed by atoms with Gasteiger partial charge in [0.25, 0.3) is 0 Å². The second-order valence-electron chi connectivity index (χ2n) is 6.38. The Kier molecular flexibility index (Phi) is 5.27. The van der Waals surface area contributed by atoms with E-state index in [0.717, 1.165) is 16.9 Å². The molecule has 0 atom stereocenters. The second-order valence-corrected chi connectivity index (χ2v) is 6.38. The van der Waals surface area contributed by atoms with E-state index in [9.17, 15) is 4.79 Å². The van der Waals surface area contributed by atoms with Gasteiger partial charge >= 0.3 is 6.09 Å². The lowest BCUT2D eigenvalue weighted by Crippen LogP contribution is -2.27. The number of anilines is 1. The molecule has 1 amide bonds. The zero-order valence-electron chi connectivity index (χ0n) is 14.1. The summed E-state index contributed by atoms with van der Waals surface area (Å²) in [5.41, 5.74) is 2.22. The van der Waals surface area contributed by atoms with Crippen molar-refractivity contribution in [1.82, 2.24) is 0 Å². The van der Waals surface area contributed by atoms with Crippen LogP contribution in [-0.4, -0.2) is 11.7 Å². The molecule has 0 saturated carbocycles. The van der Waals surface area contributed by atoms with Crippen LogP contribution in [0.25, 0.3) is 0 Å². The Balaban J connectivity index is 2.02. The topological polar surface area (TPSA) is 47.6 Å². The number of rotatable bonds is 4. The summed E-state index contributed by atoms with van der Waals surface area (Å²) in [7, 11) is 0. The molecule has 0 fully saturated rings. The molecule has 0 heterocycles. The van der Waals surface area contributed by atoms with Crippen LogP contribution in [0.5, 0.6) is 5.75 Å². The molecule has 122 valence electrons. The largest absolute Gasteiger partial charge is 0.489 e. The van der Waals surface area contributed by atoms with E-state index in [-0.39, 0.29) is 0 Å². The van der Waals surface area contributed by atoms with Crippen LogP contribution in [0.1, 0.15) is 31.9 Å². The first-order valence-corrected chi connectivity index (χ1v) is 7.61. The molecule has 0 unspecified atom stereocenters. The fourth-order valence-electron chi connectivity index (χ4n) is 1.99. The first-order valence-electron chi connectivity index (χ1n) is 7.61. The quantitative estimate of drug-likeness (QED) is 0.871. The lowest BCUT2D eigenvalue weighted by Gasteiger charge is -2.20. The molecule has 2 rings (SSSR count). The van der Waals surface area contributed by atoms with Crippen molar-refractivity contribution < 1.29 is 14.3 Å². The fourth-order valence-corrected chi connectivity index (χ4v) is 1.99. The molecule has 4 nitrogen and oxygen atoms in total. The summed E-state index contributed by atoms with van der Waals surface area (Å²) in [5, 5.41) is 2.72. The Morgan fingerprint density at radius 2 is 1.78 bits per heavy atom. The molecule has 0 radical (unpaired) electrons. The second kappa shape index (κ2) is 7.18. The van der Waals surface area contributed by atoms with E-state index in [1.807, 2.05) is 76.2 Å². The van der Waals surface area contributed by atoms with Crippen LogP contribution in [0, 0.1) is 6.92 Å². The van der Waals surface area contributed by atoms with Gasteiger partial charge in [0.15, 0.2) is 0 Å². The van der Waals surface area contributed by atoms with Gasteiger partial charge in [0, 0.05) is 11.8 Å². The number of carbonyl (C=O) groups excluding carboxylic acids is 1. The van der Waals surface area contributed by atoms with Gasteiger partial charge < -0.3 is 9.47 Å². The number of hydrogen-bond donors (Lipinski definition) is 1. The maximum atomic E-state index is 11.8. The summed E-state index contributed by atoms with van der Waals surface area (Å²) in [6.07, 6.45) is -0.477. The molecule has 2 aromatic carbocycles. The van der Waals surface area contributed by atoms with Crippen molar-refractivity contribution in [3.05, 3.63) is 59.7 Å². The van der Waals surface area contributed by atoms with Crippen LogP contribution in [-0.2, 0) is 11.3 Å². The molecule has 23 heavy (non-hydrogen) atoms. The van der Waals surface area contributed by atoms with Gasteiger partial charge in [-0.3, -0.25) is 5.32 Å². The average Bonchev–Trinajstić information content (AvgIpc) is 2.47. The van der Waals surface area contributed by atoms with Crippen LogP contribution in [0.15, 0.2) is 48.5 Å². The average molecular weight is 313 g/mol. The number of carbonyl (C=O) groups is 1. The highest BCUT2D eigenvalue weighted by atomic mass is 16.6. The Morgan fingerprint density at radius 1 is 1.09 bits per heavy atom. The monoisotopic (exact) mass is 313 g/mol. The molecule has 1 N–H and O–H groups in total. The highest BCUT2D eigenvalue weighted by molar-refractivity contribution is 5.85. The van der Waals surface area contributed by atoms with E-state index in [1.54, 1.807) is 0 Å². The Labute approximate surface area is 137 Å². The van der Waals surface area contributed by atoms with Gasteiger partial charge in [-0.1, -0.05) is 36.4 Å². The van der Waals surface area contributed by atoms with Crippen LogP contribution >= 0.6 is 0 Å². The highest BCUT2D eigenvalue weighted by Gasteiger charge is 2.16. The summed E-state index contributed by atoms with van der Waals surface area (Å²) in [6.45, 7) is 7.94. The number of benzene rings is 2. The fraction of sp³-hybridized carbons (Fsp3) is 0.316. The minimum absolute atomic E-state index is 0.477. The van der Waals surface area contributed by atoms with Gasteiger partial charge in [0.05, 0.1) is 0 Å². The smallest absolute Gasteiger partial charge is 0.412 e. The first-order chi connectivity index (χ1) is 10.8. The van der Waals surface area contributed by atoms with E-state index < -0.39 is 11.7 Å². The maximum Gasteiger partial charge on any atom is 0.412 e. The van der Waals surface area contributed by atoms with E-state index >= 15 is 0 Å². The van der Waals surface area contributed by atoms with Gasteiger partial charge in [-0.2, -0.15) is 0 Å². The van der Waals surface area contributed by atoms with Crippen molar-refractivity contribution in [3.63, 3.8) is 0 Å². The highest BCUT2D eigenvalue weighted by Crippen LogP contribution is 2.24. The van der Waals surface area contributed by atoms with Crippen molar-refractivity contribution in [3.8, 4) is 5.75 Å². The van der Waals surface area contributed by atoms with Crippen molar-refractivity contribution in [1.29, 1.82) is 0 Å². The lowest BCUT2D eigenvalue weighted by atomic mass is 10.2. The summed E-state index contributed by atoms with van der Waals surface area (Å²) < 4.78 is 11.1. The van der Waals surface area contributed by atoms with Gasteiger partial charge in [-0.25, -0.2) is 4.79 Å². The molecule has 2 aromatic rings. The Morgan fingerprint density at radius 3 is 2.43 bits per heavy atom. The number of hydrogen-bond acceptors (Lipinski definition) is 3. The SMILES string of the molecule is Cc1ccc(NC(=O)OC(C)(C)C)cc1OCc1ccccc1. The number of ether oxygens (including phenoxy) is 2.